The summed E-state index contributed by atoms with van der Waals surface area (Å²) in [5.41, 5.74) is 3.21. The summed E-state index contributed by atoms with van der Waals surface area (Å²) in [4.78, 5) is 35.7. The molecule has 0 aromatic heterocycles. The number of carbonyl (C=O) groups excluding carboxylic acids is 3. The smallest absolute Gasteiger partial charge is 0.338 e. The number of hydrogen-bond donors (Lipinski definition) is 1. The fraction of sp³-hybridized carbons (Fsp3) is 0.286. The molecule has 11 heteroatoms. The fourth-order valence-corrected chi connectivity index (χ4v) is 3.73. The van der Waals surface area contributed by atoms with Crippen LogP contribution in [0, 0.1) is 0 Å². The summed E-state index contributed by atoms with van der Waals surface area (Å²) < 4.78 is 35.8. The van der Waals surface area contributed by atoms with Gasteiger partial charge < -0.3 is 9.47 Å². The van der Waals surface area contributed by atoms with Crippen molar-refractivity contribution in [2.24, 2.45) is 0 Å². The van der Waals surface area contributed by atoms with Crippen molar-refractivity contribution in [3.05, 3.63) is 54.1 Å². The third-order valence-corrected chi connectivity index (χ3v) is 6.43. The lowest BCUT2D eigenvalue weighted by molar-refractivity contribution is -0.130. The van der Waals surface area contributed by atoms with Crippen LogP contribution in [0.1, 0.15) is 23.2 Å². The molecule has 0 atom stereocenters. The van der Waals surface area contributed by atoms with E-state index in [-0.39, 0.29) is 48.3 Å². The molecule has 0 radical (unpaired) electrons. The van der Waals surface area contributed by atoms with Gasteiger partial charge in [0.2, 0.25) is 21.8 Å². The van der Waals surface area contributed by atoms with Crippen LogP contribution in [0.2, 0.25) is 0 Å². The number of rotatable bonds is 8. The number of esters is 1. The number of nitrogens with zero attached hydrogens (tertiary/aromatic N) is 2. The molecule has 1 fully saturated rings. The predicted octanol–water partition coefficient (Wildman–Crippen LogP) is 1.33. The fourth-order valence-electron chi connectivity index (χ4n) is 2.83. The molecule has 0 spiro atoms. The van der Waals surface area contributed by atoms with Crippen LogP contribution in [0.4, 0.5) is 5.69 Å². The molecule has 170 valence electrons. The highest BCUT2D eigenvalue weighted by Crippen LogP contribution is 2.19. The topological polar surface area (TPSA) is 122 Å². The Balaban J connectivity index is 1.48. The van der Waals surface area contributed by atoms with E-state index in [1.54, 1.807) is 12.1 Å². The second-order valence-corrected chi connectivity index (χ2v) is 9.21. The molecule has 0 aliphatic carbocycles. The van der Waals surface area contributed by atoms with Crippen molar-refractivity contribution in [2.45, 2.75) is 17.7 Å². The van der Waals surface area contributed by atoms with Crippen molar-refractivity contribution in [1.82, 2.24) is 9.73 Å². The largest absolute Gasteiger partial charge is 0.490 e. The molecule has 0 bridgehead atoms. The number of sulfonamides is 1. The van der Waals surface area contributed by atoms with Crippen LogP contribution in [0.15, 0.2) is 53.4 Å². The van der Waals surface area contributed by atoms with Crippen molar-refractivity contribution < 1.29 is 32.3 Å². The maximum absolute atomic E-state index is 12.2. The van der Waals surface area contributed by atoms with Gasteiger partial charge in [0, 0.05) is 26.9 Å². The van der Waals surface area contributed by atoms with Crippen molar-refractivity contribution in [2.75, 3.05) is 32.3 Å². The highest BCUT2D eigenvalue weighted by atomic mass is 32.2. The zero-order valence-electron chi connectivity index (χ0n) is 17.6. The van der Waals surface area contributed by atoms with Gasteiger partial charge in [-0.1, -0.05) is 0 Å². The zero-order valence-corrected chi connectivity index (χ0v) is 18.4. The summed E-state index contributed by atoms with van der Waals surface area (Å²) in [6.45, 7) is 0.0664. The maximum Gasteiger partial charge on any atom is 0.338 e. The van der Waals surface area contributed by atoms with Crippen LogP contribution in [-0.4, -0.2) is 57.8 Å². The molecule has 0 unspecified atom stereocenters. The summed E-state index contributed by atoms with van der Waals surface area (Å²) in [6, 6.07) is 12.0. The number of benzene rings is 2. The summed E-state index contributed by atoms with van der Waals surface area (Å²) >= 11 is 0. The van der Waals surface area contributed by atoms with Crippen molar-refractivity contribution in [1.29, 1.82) is 0 Å². The molecule has 2 aromatic carbocycles. The second kappa shape index (κ2) is 9.79. The Labute approximate surface area is 185 Å². The lowest BCUT2D eigenvalue weighted by Gasteiger charge is -2.27. The van der Waals surface area contributed by atoms with Gasteiger partial charge in [-0.2, -0.15) is 0 Å². The minimum absolute atomic E-state index is 0.0149. The molecule has 10 nitrogen and oxygen atoms in total. The Kier molecular flexibility index (Phi) is 7.11. The molecule has 1 aliphatic heterocycles. The number of hydrogen-bond acceptors (Lipinski definition) is 7. The molecular weight excluding hydrogens is 438 g/mol. The molecule has 2 aromatic rings. The van der Waals surface area contributed by atoms with Crippen LogP contribution in [0.25, 0.3) is 0 Å². The van der Waals surface area contributed by atoms with E-state index in [2.05, 4.69) is 5.43 Å². The normalized spacial score (nSPS) is 14.3. The lowest BCUT2D eigenvalue weighted by Crippen LogP contribution is -2.50. The number of amides is 2. The number of nitrogens with one attached hydrogen (secondary N) is 1. The van der Waals surface area contributed by atoms with Gasteiger partial charge in [0.05, 0.1) is 16.1 Å². The van der Waals surface area contributed by atoms with Crippen LogP contribution >= 0.6 is 0 Å². The molecule has 3 rings (SSSR count). The van der Waals surface area contributed by atoms with Gasteiger partial charge in [0.15, 0.2) is 0 Å². The number of ether oxygens (including phenoxy) is 2. The second-order valence-electron chi connectivity index (χ2n) is 7.05. The molecule has 2 amide bonds. The van der Waals surface area contributed by atoms with Gasteiger partial charge >= 0.3 is 5.97 Å². The third kappa shape index (κ3) is 5.42. The number of carbonyl (C=O) groups is 3. The van der Waals surface area contributed by atoms with Gasteiger partial charge in [0.25, 0.3) is 0 Å². The highest BCUT2D eigenvalue weighted by Gasteiger charge is 2.24. The highest BCUT2D eigenvalue weighted by molar-refractivity contribution is 7.89. The first-order valence-electron chi connectivity index (χ1n) is 9.73. The van der Waals surface area contributed by atoms with Crippen LogP contribution in [0.3, 0.4) is 0 Å². The van der Waals surface area contributed by atoms with E-state index in [9.17, 15) is 22.8 Å². The monoisotopic (exact) mass is 461 g/mol. The quantitative estimate of drug-likeness (QED) is 0.465. The van der Waals surface area contributed by atoms with Crippen LogP contribution < -0.4 is 15.2 Å². The van der Waals surface area contributed by atoms with Gasteiger partial charge in [0.1, 0.15) is 19.0 Å². The van der Waals surface area contributed by atoms with Gasteiger partial charge in [-0.25, -0.2) is 22.5 Å². The van der Waals surface area contributed by atoms with Crippen molar-refractivity contribution in [3.63, 3.8) is 0 Å². The molecule has 1 heterocycles. The zero-order chi connectivity index (χ0) is 23.3. The number of anilines is 1. The average molecular weight is 461 g/mol. The molecular formula is C21H23N3O7S. The standard InChI is InChI=1S/C21H23N3O7S/c1-23(2)32(28,29)18-9-7-17(8-10-18)30-13-14-31-21(27)15-3-5-16(6-4-15)24-20(26)12-11-19(25)22-24/h3-10H,11-14H2,1-2H3,(H,22,25). The first-order chi connectivity index (χ1) is 15.2. The third-order valence-electron chi connectivity index (χ3n) is 4.60. The van der Waals surface area contributed by atoms with E-state index in [0.717, 1.165) is 9.31 Å². The first-order valence-corrected chi connectivity index (χ1v) is 11.2. The van der Waals surface area contributed by atoms with Crippen molar-refractivity contribution in [3.8, 4) is 5.75 Å². The van der Waals surface area contributed by atoms with E-state index < -0.39 is 16.0 Å². The Morgan fingerprint density at radius 3 is 2.28 bits per heavy atom. The maximum atomic E-state index is 12.2. The van der Waals surface area contributed by atoms with E-state index in [0.29, 0.717) is 11.4 Å². The summed E-state index contributed by atoms with van der Waals surface area (Å²) in [5.74, 6) is -0.607. The van der Waals surface area contributed by atoms with E-state index in [1.165, 1.54) is 50.5 Å². The van der Waals surface area contributed by atoms with E-state index >= 15 is 0 Å². The van der Waals surface area contributed by atoms with Gasteiger partial charge in [-0.05, 0) is 48.5 Å². The minimum atomic E-state index is -3.51. The Hall–Kier alpha value is -3.44. The predicted molar refractivity (Wildman–Crippen MR) is 114 cm³/mol. The number of hydrazine groups is 1. The summed E-state index contributed by atoms with van der Waals surface area (Å²) in [6.07, 6.45) is 0.283. The molecule has 1 saturated heterocycles. The molecule has 32 heavy (non-hydrogen) atoms. The molecule has 0 saturated carbocycles. The summed E-state index contributed by atoms with van der Waals surface area (Å²) in [7, 11) is -0.609. The Morgan fingerprint density at radius 2 is 1.66 bits per heavy atom. The lowest BCUT2D eigenvalue weighted by atomic mass is 10.2. The van der Waals surface area contributed by atoms with E-state index in [4.69, 9.17) is 9.47 Å². The minimum Gasteiger partial charge on any atom is -0.490 e. The Bertz CT molecular complexity index is 1100. The van der Waals surface area contributed by atoms with Crippen LogP contribution in [0.5, 0.6) is 5.75 Å². The van der Waals surface area contributed by atoms with Crippen LogP contribution in [-0.2, 0) is 24.3 Å². The van der Waals surface area contributed by atoms with E-state index in [1.807, 2.05) is 0 Å². The molecule has 1 N–H and O–H groups in total. The van der Waals surface area contributed by atoms with Crippen molar-refractivity contribution >= 4 is 33.5 Å². The average Bonchev–Trinajstić information content (AvgIpc) is 2.78. The molecule has 1 aliphatic rings. The SMILES string of the molecule is CN(C)S(=O)(=O)c1ccc(OCCOC(=O)c2ccc(N3NC(=O)CCC3=O)cc2)cc1. The van der Waals surface area contributed by atoms with Gasteiger partial charge in [-0.15, -0.1) is 0 Å². The van der Waals surface area contributed by atoms with Gasteiger partial charge in [-0.3, -0.25) is 15.0 Å². The summed E-state index contributed by atoms with van der Waals surface area (Å²) in [5, 5.41) is 1.16. The Morgan fingerprint density at radius 1 is 1.00 bits per heavy atom. The first kappa shape index (κ1) is 23.2.